The summed E-state index contributed by atoms with van der Waals surface area (Å²) in [7, 11) is 0. The van der Waals surface area contributed by atoms with Crippen molar-refractivity contribution in [3.05, 3.63) is 41.2 Å². The van der Waals surface area contributed by atoms with E-state index in [1.807, 2.05) is 4.68 Å². The van der Waals surface area contributed by atoms with Gasteiger partial charge in [-0.05, 0) is 50.3 Å². The van der Waals surface area contributed by atoms with Gasteiger partial charge in [0.05, 0.1) is 30.1 Å². The fourth-order valence-corrected chi connectivity index (χ4v) is 6.33. The van der Waals surface area contributed by atoms with Crippen molar-refractivity contribution in [3.8, 4) is 11.5 Å². The molecule has 12 heteroatoms. The van der Waals surface area contributed by atoms with Crippen molar-refractivity contribution in [2.75, 3.05) is 0 Å². The van der Waals surface area contributed by atoms with Gasteiger partial charge in [0.15, 0.2) is 11.9 Å². The first-order valence-electron chi connectivity index (χ1n) is 11.9. The molecule has 4 aliphatic carbocycles. The molecule has 1 aliphatic heterocycles. The third kappa shape index (κ3) is 4.31. The van der Waals surface area contributed by atoms with E-state index in [-0.39, 0.29) is 35.9 Å². The number of ether oxygens (including phenoxy) is 3. The Morgan fingerprint density at radius 2 is 1.97 bits per heavy atom. The number of aromatic nitrogens is 2. The summed E-state index contributed by atoms with van der Waals surface area (Å²) in [5.41, 5.74) is 0.0448. The van der Waals surface area contributed by atoms with Crippen LogP contribution in [0, 0.1) is 0 Å². The Labute approximate surface area is 209 Å². The maximum atomic E-state index is 12.9. The summed E-state index contributed by atoms with van der Waals surface area (Å²) < 4.78 is 54.9. The highest BCUT2D eigenvalue weighted by Gasteiger charge is 2.70. The van der Waals surface area contributed by atoms with Gasteiger partial charge < -0.3 is 19.9 Å². The molecule has 7 rings (SSSR count). The zero-order valence-corrected chi connectivity index (χ0v) is 19.9. The quantitative estimate of drug-likeness (QED) is 0.589. The minimum atomic E-state index is -4.64. The molecule has 8 nitrogen and oxygen atoms in total. The second kappa shape index (κ2) is 8.26. The number of benzene rings is 1. The molecule has 2 bridgehead atoms. The van der Waals surface area contributed by atoms with Crippen LogP contribution < -0.4 is 14.8 Å². The topological polar surface area (TPSA) is 94.8 Å². The molecular formula is C24H25ClF3N3O5. The summed E-state index contributed by atoms with van der Waals surface area (Å²) in [5.74, 6) is 0.707. The minimum absolute atomic E-state index is 0.149. The van der Waals surface area contributed by atoms with E-state index in [4.69, 9.17) is 21.1 Å². The summed E-state index contributed by atoms with van der Waals surface area (Å²) in [4.78, 5) is 12.9. The molecule has 1 amide bonds. The average molecular weight is 528 g/mol. The zero-order valence-electron chi connectivity index (χ0n) is 19.1. The fraction of sp³-hybridized carbons (Fsp3) is 0.583. The summed E-state index contributed by atoms with van der Waals surface area (Å²) in [6.07, 6.45) is -0.910. The van der Waals surface area contributed by atoms with E-state index in [1.165, 1.54) is 0 Å². The van der Waals surface area contributed by atoms with Crippen molar-refractivity contribution in [2.45, 2.75) is 86.8 Å². The second-order valence-electron chi connectivity index (χ2n) is 10.4. The van der Waals surface area contributed by atoms with E-state index in [2.05, 4.69) is 15.2 Å². The summed E-state index contributed by atoms with van der Waals surface area (Å²) in [6, 6.07) is 4.95. The van der Waals surface area contributed by atoms with Gasteiger partial charge in [-0.2, -0.15) is 5.10 Å². The number of carbonyl (C=O) groups excluding carboxylic acids is 1. The minimum Gasteiger partial charge on any atom is -0.487 e. The van der Waals surface area contributed by atoms with E-state index < -0.39 is 24.7 Å². The molecule has 1 aromatic carbocycles. The molecule has 5 aliphatic rings. The Bertz CT molecular complexity index is 1170. The molecule has 0 spiro atoms. The Morgan fingerprint density at radius 3 is 2.72 bits per heavy atom. The first-order chi connectivity index (χ1) is 17.0. The zero-order chi connectivity index (χ0) is 25.3. The third-order valence-electron chi connectivity index (χ3n) is 7.70. The molecule has 0 saturated heterocycles. The smallest absolute Gasteiger partial charge is 0.487 e. The van der Waals surface area contributed by atoms with Crippen LogP contribution >= 0.6 is 11.6 Å². The summed E-state index contributed by atoms with van der Waals surface area (Å²) in [5, 5.41) is 18.4. The van der Waals surface area contributed by atoms with Crippen LogP contribution in [0.1, 0.15) is 56.6 Å². The van der Waals surface area contributed by atoms with Crippen molar-refractivity contribution in [2.24, 2.45) is 0 Å². The van der Waals surface area contributed by atoms with Gasteiger partial charge in [-0.25, -0.2) is 0 Å². The number of aliphatic hydroxyl groups is 1. The van der Waals surface area contributed by atoms with Crippen LogP contribution in [0.5, 0.6) is 11.5 Å². The van der Waals surface area contributed by atoms with E-state index >= 15 is 0 Å². The molecular weight excluding hydrogens is 503 g/mol. The SMILES string of the molecule is O=C(NC12CC(n3cc(O[C@@H]4CC[C@@H](OC(F)(F)F)C4)cn3)(C1)C2)[C@H]1C[C@@H](O)c2cc(Cl)ccc2O1. The Kier molecular flexibility index (Phi) is 5.47. The second-order valence-corrected chi connectivity index (χ2v) is 10.9. The van der Waals surface area contributed by atoms with Gasteiger partial charge in [0.1, 0.15) is 11.9 Å². The number of aliphatic hydroxyl groups excluding tert-OH is 1. The number of nitrogens with zero attached hydrogens (tertiary/aromatic N) is 2. The van der Waals surface area contributed by atoms with Crippen LogP contribution in [0.15, 0.2) is 30.6 Å². The standard InChI is InChI=1S/C24H25ClF3N3O5/c25-13-1-4-19-17(5-13)18(32)7-20(35-19)21(33)30-22-10-23(11-22,12-22)31-9-16(8-29-31)34-14-2-3-15(6-14)36-24(26,27)28/h1,4-5,8-9,14-15,18,20,32H,2-3,6-7,10-12H2,(H,30,33)/t14-,15-,18-,20-,22?,23?/m1/s1. The normalized spacial score (nSPS) is 34.7. The van der Waals surface area contributed by atoms with E-state index in [0.717, 1.165) is 0 Å². The van der Waals surface area contributed by atoms with E-state index in [1.54, 1.807) is 30.6 Å². The summed E-state index contributed by atoms with van der Waals surface area (Å²) >= 11 is 5.99. The highest BCUT2D eigenvalue weighted by molar-refractivity contribution is 6.30. The molecule has 4 fully saturated rings. The van der Waals surface area contributed by atoms with Crippen LogP contribution in [0.25, 0.3) is 0 Å². The van der Waals surface area contributed by atoms with Crippen LogP contribution in [0.4, 0.5) is 13.2 Å². The van der Waals surface area contributed by atoms with Gasteiger partial charge in [-0.1, -0.05) is 11.6 Å². The number of halogens is 4. The highest BCUT2D eigenvalue weighted by Crippen LogP contribution is 2.65. The maximum Gasteiger partial charge on any atom is 0.522 e. The predicted octanol–water partition coefficient (Wildman–Crippen LogP) is 4.01. The number of carbonyl (C=O) groups is 1. The number of hydrogen-bond acceptors (Lipinski definition) is 6. The van der Waals surface area contributed by atoms with E-state index in [0.29, 0.717) is 54.2 Å². The molecule has 4 atom stereocenters. The van der Waals surface area contributed by atoms with Crippen molar-refractivity contribution in [3.63, 3.8) is 0 Å². The Morgan fingerprint density at radius 1 is 1.22 bits per heavy atom. The molecule has 2 N–H and O–H groups in total. The van der Waals surface area contributed by atoms with Gasteiger partial charge in [0.2, 0.25) is 0 Å². The number of fused-ring (bicyclic) bond motifs is 1. The lowest BCUT2D eigenvalue weighted by molar-refractivity contribution is -0.341. The number of nitrogens with one attached hydrogen (secondary N) is 1. The molecule has 2 heterocycles. The van der Waals surface area contributed by atoms with Crippen LogP contribution in [0.3, 0.4) is 0 Å². The van der Waals surface area contributed by atoms with Gasteiger partial charge in [-0.15, -0.1) is 13.2 Å². The molecule has 1 aromatic heterocycles. The number of rotatable bonds is 6. The van der Waals surface area contributed by atoms with Gasteiger partial charge in [0.25, 0.3) is 5.91 Å². The van der Waals surface area contributed by atoms with Crippen molar-refractivity contribution >= 4 is 17.5 Å². The molecule has 0 radical (unpaired) electrons. The van der Waals surface area contributed by atoms with Crippen molar-refractivity contribution in [1.82, 2.24) is 15.1 Å². The third-order valence-corrected chi connectivity index (χ3v) is 7.94. The predicted molar refractivity (Wildman–Crippen MR) is 120 cm³/mol. The molecule has 4 saturated carbocycles. The van der Waals surface area contributed by atoms with Gasteiger partial charge >= 0.3 is 6.36 Å². The first-order valence-corrected chi connectivity index (χ1v) is 12.3. The monoisotopic (exact) mass is 527 g/mol. The largest absolute Gasteiger partial charge is 0.522 e. The van der Waals surface area contributed by atoms with Crippen LogP contribution in [-0.4, -0.2) is 51.0 Å². The molecule has 194 valence electrons. The van der Waals surface area contributed by atoms with Crippen LogP contribution in [-0.2, 0) is 15.1 Å². The average Bonchev–Trinajstić information content (AvgIpc) is 3.38. The lowest BCUT2D eigenvalue weighted by Crippen LogP contribution is -2.79. The summed E-state index contributed by atoms with van der Waals surface area (Å²) in [6.45, 7) is 0. The number of amides is 1. The van der Waals surface area contributed by atoms with E-state index in [9.17, 15) is 23.1 Å². The Hall–Kier alpha value is -2.50. The van der Waals surface area contributed by atoms with Gasteiger partial charge in [0, 0.05) is 29.0 Å². The number of hydrogen-bond donors (Lipinski definition) is 2. The lowest BCUT2D eigenvalue weighted by Gasteiger charge is -2.70. The lowest BCUT2D eigenvalue weighted by atomic mass is 9.44. The van der Waals surface area contributed by atoms with Gasteiger partial charge in [-0.3, -0.25) is 14.2 Å². The first kappa shape index (κ1) is 23.9. The van der Waals surface area contributed by atoms with Crippen molar-refractivity contribution < 1.29 is 37.3 Å². The Balaban J connectivity index is 1.01. The molecule has 0 unspecified atom stereocenters. The number of alkyl halides is 3. The fourth-order valence-electron chi connectivity index (χ4n) is 6.15. The molecule has 2 aromatic rings. The molecule has 36 heavy (non-hydrogen) atoms. The van der Waals surface area contributed by atoms with Crippen molar-refractivity contribution in [1.29, 1.82) is 0 Å². The highest BCUT2D eigenvalue weighted by atomic mass is 35.5. The van der Waals surface area contributed by atoms with Crippen LogP contribution in [0.2, 0.25) is 5.02 Å². The maximum absolute atomic E-state index is 12.9.